The fourth-order valence-corrected chi connectivity index (χ4v) is 1.81. The van der Waals surface area contributed by atoms with Crippen LogP contribution in [-0.4, -0.2) is 11.9 Å². The summed E-state index contributed by atoms with van der Waals surface area (Å²) in [7, 11) is 0. The number of halogens is 2. The lowest BCUT2D eigenvalue weighted by Crippen LogP contribution is -2.34. The molecule has 1 aromatic carbocycles. The van der Waals surface area contributed by atoms with E-state index in [1.807, 2.05) is 6.92 Å². The van der Waals surface area contributed by atoms with Crippen LogP contribution >= 0.6 is 0 Å². The molecule has 1 N–H and O–H groups in total. The normalized spacial score (nSPS) is 14.1. The zero-order chi connectivity index (χ0) is 13.7. The molecular weight excluding hydrogens is 236 g/mol. The van der Waals surface area contributed by atoms with E-state index in [4.69, 9.17) is 0 Å². The van der Waals surface area contributed by atoms with Crippen molar-refractivity contribution in [3.8, 4) is 0 Å². The second kappa shape index (κ2) is 6.47. The molecule has 1 aromatic rings. The third kappa shape index (κ3) is 3.79. The Hall–Kier alpha value is -1.45. The monoisotopic (exact) mass is 255 g/mol. The van der Waals surface area contributed by atoms with Crippen LogP contribution in [0.4, 0.5) is 8.78 Å². The Morgan fingerprint density at radius 1 is 1.33 bits per heavy atom. The minimum absolute atomic E-state index is 0.0601. The quantitative estimate of drug-likeness (QED) is 0.857. The number of benzene rings is 1. The lowest BCUT2D eigenvalue weighted by Gasteiger charge is -2.17. The Bertz CT molecular complexity index is 420. The third-order valence-electron chi connectivity index (χ3n) is 3.03. The number of rotatable bonds is 5. The molecule has 18 heavy (non-hydrogen) atoms. The van der Waals surface area contributed by atoms with Crippen molar-refractivity contribution in [2.75, 3.05) is 0 Å². The first-order valence-corrected chi connectivity index (χ1v) is 6.20. The minimum atomic E-state index is -1.09. The molecule has 0 heterocycles. The molecule has 0 bridgehead atoms. The Morgan fingerprint density at radius 3 is 2.61 bits per heavy atom. The molecule has 0 fully saturated rings. The third-order valence-corrected chi connectivity index (χ3v) is 3.03. The summed E-state index contributed by atoms with van der Waals surface area (Å²) in [5, 5.41) is 2.68. The van der Waals surface area contributed by atoms with Gasteiger partial charge in [0.2, 0.25) is 0 Å². The van der Waals surface area contributed by atoms with Gasteiger partial charge in [-0.3, -0.25) is 4.79 Å². The van der Waals surface area contributed by atoms with Crippen molar-refractivity contribution in [3.05, 3.63) is 35.4 Å². The molecule has 2 nitrogen and oxygen atoms in total. The molecule has 1 amide bonds. The van der Waals surface area contributed by atoms with E-state index in [9.17, 15) is 13.6 Å². The molecule has 1 rings (SSSR count). The van der Waals surface area contributed by atoms with Crippen LogP contribution in [0, 0.1) is 17.6 Å². The molecule has 4 heteroatoms. The molecule has 0 aromatic heterocycles. The summed E-state index contributed by atoms with van der Waals surface area (Å²) in [5.74, 6) is -2.18. The van der Waals surface area contributed by atoms with E-state index in [0.717, 1.165) is 18.9 Å². The smallest absolute Gasteiger partial charge is 0.254 e. The first kappa shape index (κ1) is 14.6. The number of amides is 1. The van der Waals surface area contributed by atoms with E-state index in [-0.39, 0.29) is 11.6 Å². The Balaban J connectivity index is 2.68. The van der Waals surface area contributed by atoms with Crippen LogP contribution in [0.3, 0.4) is 0 Å². The van der Waals surface area contributed by atoms with E-state index in [0.29, 0.717) is 5.92 Å². The van der Waals surface area contributed by atoms with Crippen LogP contribution < -0.4 is 5.32 Å². The summed E-state index contributed by atoms with van der Waals surface area (Å²) >= 11 is 0. The van der Waals surface area contributed by atoms with Gasteiger partial charge in [-0.25, -0.2) is 8.78 Å². The highest BCUT2D eigenvalue weighted by Crippen LogP contribution is 2.13. The standard InChI is InChI=1S/C14H19F2NO/c1-4-9(2)8-10(3)17-14(18)11-6-5-7-12(15)13(11)16/h5-7,9-10H,4,8H2,1-3H3,(H,17,18). The average molecular weight is 255 g/mol. The summed E-state index contributed by atoms with van der Waals surface area (Å²) in [6, 6.07) is 3.54. The van der Waals surface area contributed by atoms with Gasteiger partial charge in [-0.05, 0) is 31.4 Å². The average Bonchev–Trinajstić information content (AvgIpc) is 2.32. The van der Waals surface area contributed by atoms with E-state index in [2.05, 4.69) is 19.2 Å². The van der Waals surface area contributed by atoms with Gasteiger partial charge in [0.25, 0.3) is 5.91 Å². The van der Waals surface area contributed by atoms with Crippen molar-refractivity contribution in [3.63, 3.8) is 0 Å². The predicted octanol–water partition coefficient (Wildman–Crippen LogP) is 3.52. The number of carbonyl (C=O) groups excluding carboxylic acids is 1. The molecule has 0 spiro atoms. The summed E-state index contributed by atoms with van der Waals surface area (Å²) in [6.45, 7) is 6.03. The van der Waals surface area contributed by atoms with Crippen molar-refractivity contribution in [2.45, 2.75) is 39.7 Å². The van der Waals surface area contributed by atoms with Crippen molar-refractivity contribution >= 4 is 5.91 Å². The van der Waals surface area contributed by atoms with Crippen LogP contribution in [0.5, 0.6) is 0 Å². The second-order valence-electron chi connectivity index (χ2n) is 4.73. The first-order chi connectivity index (χ1) is 8.45. The van der Waals surface area contributed by atoms with Crippen molar-refractivity contribution < 1.29 is 13.6 Å². The molecule has 0 saturated carbocycles. The Morgan fingerprint density at radius 2 is 2.00 bits per heavy atom. The first-order valence-electron chi connectivity index (χ1n) is 6.20. The maximum absolute atomic E-state index is 13.4. The summed E-state index contributed by atoms with van der Waals surface area (Å²) in [6.07, 6.45) is 1.84. The highest BCUT2D eigenvalue weighted by atomic mass is 19.2. The largest absolute Gasteiger partial charge is 0.349 e. The molecule has 0 aliphatic carbocycles. The van der Waals surface area contributed by atoms with E-state index >= 15 is 0 Å². The van der Waals surface area contributed by atoms with Gasteiger partial charge < -0.3 is 5.32 Å². The molecule has 2 unspecified atom stereocenters. The SMILES string of the molecule is CCC(C)CC(C)NC(=O)c1cccc(F)c1F. The summed E-state index contributed by atoms with van der Waals surface area (Å²) < 4.78 is 26.4. The van der Waals surface area contributed by atoms with Gasteiger partial charge in [0, 0.05) is 6.04 Å². The van der Waals surface area contributed by atoms with Gasteiger partial charge in [-0.15, -0.1) is 0 Å². The summed E-state index contributed by atoms with van der Waals surface area (Å²) in [5.41, 5.74) is -0.244. The second-order valence-corrected chi connectivity index (χ2v) is 4.73. The molecule has 0 aliphatic heterocycles. The van der Waals surface area contributed by atoms with Crippen molar-refractivity contribution in [1.29, 1.82) is 0 Å². The highest BCUT2D eigenvalue weighted by molar-refractivity contribution is 5.94. The fraction of sp³-hybridized carbons (Fsp3) is 0.500. The van der Waals surface area contributed by atoms with Gasteiger partial charge in [-0.1, -0.05) is 26.3 Å². The van der Waals surface area contributed by atoms with E-state index < -0.39 is 17.5 Å². The van der Waals surface area contributed by atoms with Crippen molar-refractivity contribution in [2.24, 2.45) is 5.92 Å². The lowest BCUT2D eigenvalue weighted by molar-refractivity contribution is 0.0930. The maximum atomic E-state index is 13.4. The number of hydrogen-bond acceptors (Lipinski definition) is 1. The zero-order valence-electron chi connectivity index (χ0n) is 11.0. The molecule has 2 atom stereocenters. The fourth-order valence-electron chi connectivity index (χ4n) is 1.81. The number of nitrogens with one attached hydrogen (secondary N) is 1. The van der Waals surface area contributed by atoms with Gasteiger partial charge in [-0.2, -0.15) is 0 Å². The van der Waals surface area contributed by atoms with Crippen LogP contribution in [0.25, 0.3) is 0 Å². The lowest BCUT2D eigenvalue weighted by atomic mass is 10.00. The van der Waals surface area contributed by atoms with Crippen LogP contribution in [0.15, 0.2) is 18.2 Å². The van der Waals surface area contributed by atoms with Crippen molar-refractivity contribution in [1.82, 2.24) is 5.32 Å². The van der Waals surface area contributed by atoms with Crippen LogP contribution in [0.2, 0.25) is 0 Å². The molecule has 0 aliphatic rings. The van der Waals surface area contributed by atoms with E-state index in [1.54, 1.807) is 0 Å². The molecule has 100 valence electrons. The zero-order valence-corrected chi connectivity index (χ0v) is 11.0. The molecule has 0 radical (unpaired) electrons. The number of carbonyl (C=O) groups is 1. The molecule has 0 saturated heterocycles. The van der Waals surface area contributed by atoms with E-state index in [1.165, 1.54) is 12.1 Å². The minimum Gasteiger partial charge on any atom is -0.349 e. The Labute approximate surface area is 106 Å². The van der Waals surface area contributed by atoms with Gasteiger partial charge >= 0.3 is 0 Å². The van der Waals surface area contributed by atoms with Crippen LogP contribution in [-0.2, 0) is 0 Å². The maximum Gasteiger partial charge on any atom is 0.254 e. The number of hydrogen-bond donors (Lipinski definition) is 1. The topological polar surface area (TPSA) is 29.1 Å². The van der Waals surface area contributed by atoms with Gasteiger partial charge in [0.15, 0.2) is 11.6 Å². The summed E-state index contributed by atoms with van der Waals surface area (Å²) in [4.78, 5) is 11.8. The van der Waals surface area contributed by atoms with Gasteiger partial charge in [0.05, 0.1) is 5.56 Å². The van der Waals surface area contributed by atoms with Gasteiger partial charge in [0.1, 0.15) is 0 Å². The molecular formula is C14H19F2NO. The highest BCUT2D eigenvalue weighted by Gasteiger charge is 2.17. The predicted molar refractivity (Wildman–Crippen MR) is 67.4 cm³/mol. The van der Waals surface area contributed by atoms with Crippen LogP contribution in [0.1, 0.15) is 44.0 Å². The Kier molecular flexibility index (Phi) is 5.25.